The van der Waals surface area contributed by atoms with E-state index in [2.05, 4.69) is 22.4 Å². The SMILES string of the molecule is O=C(NC1CCC(C(=O)O)CC1)c1cc2c(ccc3ccccc32)[nH]1. The summed E-state index contributed by atoms with van der Waals surface area (Å²) in [5.74, 6) is -1.13. The maximum absolute atomic E-state index is 12.6. The second-order valence-corrected chi connectivity index (χ2v) is 6.79. The van der Waals surface area contributed by atoms with Crippen molar-refractivity contribution in [1.29, 1.82) is 0 Å². The molecule has 0 bridgehead atoms. The van der Waals surface area contributed by atoms with Gasteiger partial charge in [0, 0.05) is 16.9 Å². The summed E-state index contributed by atoms with van der Waals surface area (Å²) in [6.45, 7) is 0. The summed E-state index contributed by atoms with van der Waals surface area (Å²) in [5.41, 5.74) is 1.49. The second kappa shape index (κ2) is 6.24. The number of carbonyl (C=O) groups is 2. The van der Waals surface area contributed by atoms with Crippen molar-refractivity contribution in [3.63, 3.8) is 0 Å². The molecule has 3 N–H and O–H groups in total. The number of H-pyrrole nitrogens is 1. The molecule has 1 aromatic heterocycles. The minimum Gasteiger partial charge on any atom is -0.481 e. The van der Waals surface area contributed by atoms with Crippen LogP contribution in [0.4, 0.5) is 0 Å². The van der Waals surface area contributed by atoms with Crippen molar-refractivity contribution in [2.24, 2.45) is 5.92 Å². The van der Waals surface area contributed by atoms with Gasteiger partial charge >= 0.3 is 5.97 Å². The molecule has 5 heteroatoms. The number of carbonyl (C=O) groups excluding carboxylic acids is 1. The molecule has 1 saturated carbocycles. The molecule has 0 spiro atoms. The van der Waals surface area contributed by atoms with Crippen LogP contribution in [-0.4, -0.2) is 28.0 Å². The largest absolute Gasteiger partial charge is 0.481 e. The fraction of sp³-hybridized carbons (Fsp3) is 0.300. The average Bonchev–Trinajstić information content (AvgIpc) is 3.07. The molecule has 0 radical (unpaired) electrons. The van der Waals surface area contributed by atoms with E-state index in [1.165, 1.54) is 0 Å². The smallest absolute Gasteiger partial charge is 0.306 e. The van der Waals surface area contributed by atoms with Crippen molar-refractivity contribution in [1.82, 2.24) is 10.3 Å². The van der Waals surface area contributed by atoms with Crippen LogP contribution in [0.2, 0.25) is 0 Å². The first-order valence-electron chi connectivity index (χ1n) is 8.66. The number of benzene rings is 2. The van der Waals surface area contributed by atoms with E-state index >= 15 is 0 Å². The Bertz CT molecular complexity index is 952. The van der Waals surface area contributed by atoms with E-state index in [0.717, 1.165) is 21.7 Å². The Kier molecular flexibility index (Phi) is 3.92. The van der Waals surface area contributed by atoms with Gasteiger partial charge in [0.05, 0.1) is 5.92 Å². The molecule has 0 atom stereocenters. The molecule has 128 valence electrons. The Morgan fingerprint density at radius 2 is 1.76 bits per heavy atom. The van der Waals surface area contributed by atoms with Crippen molar-refractivity contribution >= 4 is 33.6 Å². The van der Waals surface area contributed by atoms with Gasteiger partial charge in [-0.05, 0) is 48.6 Å². The highest BCUT2D eigenvalue weighted by Gasteiger charge is 2.27. The molecule has 2 aromatic carbocycles. The highest BCUT2D eigenvalue weighted by atomic mass is 16.4. The monoisotopic (exact) mass is 336 g/mol. The van der Waals surface area contributed by atoms with Crippen LogP contribution in [0.25, 0.3) is 21.7 Å². The minimum atomic E-state index is -0.729. The highest BCUT2D eigenvalue weighted by Crippen LogP contribution is 2.27. The van der Waals surface area contributed by atoms with E-state index < -0.39 is 5.97 Å². The van der Waals surface area contributed by atoms with Crippen LogP contribution >= 0.6 is 0 Å². The van der Waals surface area contributed by atoms with Crippen molar-refractivity contribution in [2.75, 3.05) is 0 Å². The summed E-state index contributed by atoms with van der Waals surface area (Å²) in [6, 6.07) is 14.1. The van der Waals surface area contributed by atoms with Gasteiger partial charge in [-0.25, -0.2) is 0 Å². The number of rotatable bonds is 3. The minimum absolute atomic E-state index is 0.0475. The van der Waals surface area contributed by atoms with Gasteiger partial charge in [0.15, 0.2) is 0 Å². The maximum Gasteiger partial charge on any atom is 0.306 e. The number of carboxylic acids is 1. The summed E-state index contributed by atoms with van der Waals surface area (Å²) >= 11 is 0. The van der Waals surface area contributed by atoms with Crippen molar-refractivity contribution < 1.29 is 14.7 Å². The highest BCUT2D eigenvalue weighted by molar-refractivity contribution is 6.09. The number of aromatic nitrogens is 1. The third-order valence-electron chi connectivity index (χ3n) is 5.18. The van der Waals surface area contributed by atoms with Gasteiger partial charge in [-0.3, -0.25) is 9.59 Å². The molecular formula is C20H20N2O3. The van der Waals surface area contributed by atoms with Gasteiger partial charge < -0.3 is 15.4 Å². The summed E-state index contributed by atoms with van der Waals surface area (Å²) in [7, 11) is 0. The molecular weight excluding hydrogens is 316 g/mol. The normalized spacial score (nSPS) is 20.6. The number of fused-ring (bicyclic) bond motifs is 3. The summed E-state index contributed by atoms with van der Waals surface area (Å²) in [6.07, 6.45) is 2.67. The third kappa shape index (κ3) is 2.97. The van der Waals surface area contributed by atoms with Gasteiger partial charge in [0.1, 0.15) is 5.69 Å². The standard InChI is InChI=1S/C20H20N2O3/c23-19(21-14-8-5-13(6-9-14)20(24)25)18-11-16-15-4-2-1-3-12(15)7-10-17(16)22-18/h1-4,7,10-11,13-14,22H,5-6,8-9H2,(H,21,23)(H,24,25). The lowest BCUT2D eigenvalue weighted by Crippen LogP contribution is -2.38. The van der Waals surface area contributed by atoms with Crippen LogP contribution in [0.5, 0.6) is 0 Å². The number of nitrogens with one attached hydrogen (secondary N) is 2. The van der Waals surface area contributed by atoms with E-state index in [1.54, 1.807) is 0 Å². The Balaban J connectivity index is 1.53. The molecule has 0 saturated heterocycles. The molecule has 1 fully saturated rings. The molecule has 1 amide bonds. The Morgan fingerprint density at radius 3 is 2.52 bits per heavy atom. The van der Waals surface area contributed by atoms with Gasteiger partial charge in [0.25, 0.3) is 5.91 Å². The third-order valence-corrected chi connectivity index (χ3v) is 5.18. The van der Waals surface area contributed by atoms with E-state index in [4.69, 9.17) is 5.11 Å². The van der Waals surface area contributed by atoms with E-state index in [-0.39, 0.29) is 17.9 Å². The van der Waals surface area contributed by atoms with Gasteiger partial charge in [-0.1, -0.05) is 30.3 Å². The number of aromatic amines is 1. The van der Waals surface area contributed by atoms with Crippen LogP contribution < -0.4 is 5.32 Å². The molecule has 3 aromatic rings. The van der Waals surface area contributed by atoms with Crippen LogP contribution in [-0.2, 0) is 4.79 Å². The van der Waals surface area contributed by atoms with Crippen molar-refractivity contribution in [2.45, 2.75) is 31.7 Å². The lowest BCUT2D eigenvalue weighted by atomic mass is 9.86. The zero-order valence-electron chi connectivity index (χ0n) is 13.8. The average molecular weight is 336 g/mol. The molecule has 4 rings (SSSR count). The Morgan fingerprint density at radius 1 is 1.00 bits per heavy atom. The topological polar surface area (TPSA) is 82.2 Å². The first-order chi connectivity index (χ1) is 12.1. The molecule has 0 aliphatic heterocycles. The second-order valence-electron chi connectivity index (χ2n) is 6.79. The number of carboxylic acid groups (broad SMARTS) is 1. The number of aliphatic carboxylic acids is 1. The quantitative estimate of drug-likeness (QED) is 0.682. The predicted molar refractivity (Wildman–Crippen MR) is 96.7 cm³/mol. The molecule has 1 heterocycles. The molecule has 1 aliphatic rings. The van der Waals surface area contributed by atoms with Crippen LogP contribution in [0.1, 0.15) is 36.2 Å². The van der Waals surface area contributed by atoms with Crippen LogP contribution in [0, 0.1) is 5.92 Å². The molecule has 0 unspecified atom stereocenters. The zero-order chi connectivity index (χ0) is 17.4. The van der Waals surface area contributed by atoms with Crippen molar-refractivity contribution in [3.8, 4) is 0 Å². The lowest BCUT2D eigenvalue weighted by Gasteiger charge is -2.26. The first kappa shape index (κ1) is 15.7. The van der Waals surface area contributed by atoms with E-state index in [1.807, 2.05) is 30.3 Å². The fourth-order valence-corrected chi connectivity index (χ4v) is 3.76. The Hall–Kier alpha value is -2.82. The van der Waals surface area contributed by atoms with Crippen molar-refractivity contribution in [3.05, 3.63) is 48.2 Å². The predicted octanol–water partition coefficient (Wildman–Crippen LogP) is 3.69. The molecule has 1 aliphatic carbocycles. The first-order valence-corrected chi connectivity index (χ1v) is 8.66. The van der Waals surface area contributed by atoms with Gasteiger partial charge in [0.2, 0.25) is 0 Å². The summed E-state index contributed by atoms with van der Waals surface area (Å²) in [4.78, 5) is 26.8. The number of hydrogen-bond donors (Lipinski definition) is 3. The maximum atomic E-state index is 12.6. The van der Waals surface area contributed by atoms with E-state index in [0.29, 0.717) is 31.4 Å². The lowest BCUT2D eigenvalue weighted by molar-refractivity contribution is -0.142. The number of amides is 1. The van der Waals surface area contributed by atoms with Gasteiger partial charge in [-0.2, -0.15) is 0 Å². The van der Waals surface area contributed by atoms with E-state index in [9.17, 15) is 9.59 Å². The zero-order valence-corrected chi connectivity index (χ0v) is 13.8. The number of hydrogen-bond acceptors (Lipinski definition) is 2. The molecule has 25 heavy (non-hydrogen) atoms. The molecule has 5 nitrogen and oxygen atoms in total. The fourth-order valence-electron chi connectivity index (χ4n) is 3.76. The van der Waals surface area contributed by atoms with Gasteiger partial charge in [-0.15, -0.1) is 0 Å². The summed E-state index contributed by atoms with van der Waals surface area (Å²) in [5, 5.41) is 15.4. The Labute approximate surface area is 145 Å². The summed E-state index contributed by atoms with van der Waals surface area (Å²) < 4.78 is 0. The van der Waals surface area contributed by atoms with Crippen LogP contribution in [0.15, 0.2) is 42.5 Å². The van der Waals surface area contributed by atoms with Crippen LogP contribution in [0.3, 0.4) is 0 Å².